The van der Waals surface area contributed by atoms with Crippen LogP contribution in [0.1, 0.15) is 5.56 Å². The van der Waals surface area contributed by atoms with Crippen molar-refractivity contribution in [2.75, 3.05) is 26.0 Å². The molecule has 0 fully saturated rings. The van der Waals surface area contributed by atoms with Crippen LogP contribution in [-0.4, -0.2) is 41.4 Å². The van der Waals surface area contributed by atoms with Crippen LogP contribution in [0.5, 0.6) is 0 Å². The summed E-state index contributed by atoms with van der Waals surface area (Å²) >= 11 is 0. The van der Waals surface area contributed by atoms with Crippen molar-refractivity contribution in [1.29, 1.82) is 0 Å². The summed E-state index contributed by atoms with van der Waals surface area (Å²) in [5.74, 6) is -0.0622. The van der Waals surface area contributed by atoms with E-state index in [-0.39, 0.29) is 24.0 Å². The third-order valence-corrected chi connectivity index (χ3v) is 2.21. The van der Waals surface area contributed by atoms with E-state index in [2.05, 4.69) is 10.3 Å². The summed E-state index contributed by atoms with van der Waals surface area (Å²) in [6.45, 7) is 1.60. The zero-order chi connectivity index (χ0) is 13.0. The second-order valence-corrected chi connectivity index (χ2v) is 3.72. The van der Waals surface area contributed by atoms with Gasteiger partial charge in [-0.1, -0.05) is 0 Å². The van der Waals surface area contributed by atoms with E-state index < -0.39 is 4.92 Å². The summed E-state index contributed by atoms with van der Waals surface area (Å²) in [5.41, 5.74) is 0.406. The lowest BCUT2D eigenvalue weighted by Crippen LogP contribution is -2.29. The SMILES string of the molecule is Cc1ccnc(NCC(=O)N(C)C)c1[N+](=O)[O-]. The molecule has 0 bridgehead atoms. The minimum atomic E-state index is -0.509. The van der Waals surface area contributed by atoms with Gasteiger partial charge < -0.3 is 10.2 Å². The fourth-order valence-electron chi connectivity index (χ4n) is 1.23. The van der Waals surface area contributed by atoms with Gasteiger partial charge >= 0.3 is 5.69 Å². The predicted octanol–water partition coefficient (Wildman–Crippen LogP) is 0.798. The molecule has 1 aromatic rings. The van der Waals surface area contributed by atoms with Gasteiger partial charge in [-0.15, -0.1) is 0 Å². The van der Waals surface area contributed by atoms with Crippen LogP contribution < -0.4 is 5.32 Å². The topological polar surface area (TPSA) is 88.4 Å². The molecular formula is C10H14N4O3. The van der Waals surface area contributed by atoms with E-state index in [4.69, 9.17) is 0 Å². The van der Waals surface area contributed by atoms with Crippen molar-refractivity contribution in [2.24, 2.45) is 0 Å². The molecule has 0 spiro atoms. The van der Waals surface area contributed by atoms with Gasteiger partial charge in [-0.25, -0.2) is 4.98 Å². The Bertz CT molecular complexity index is 445. The van der Waals surface area contributed by atoms with Gasteiger partial charge in [0.25, 0.3) is 0 Å². The molecule has 0 aliphatic rings. The highest BCUT2D eigenvalue weighted by Gasteiger charge is 2.18. The van der Waals surface area contributed by atoms with Crippen LogP contribution in [0.2, 0.25) is 0 Å². The van der Waals surface area contributed by atoms with E-state index >= 15 is 0 Å². The van der Waals surface area contributed by atoms with Crippen LogP contribution in [0.4, 0.5) is 11.5 Å². The monoisotopic (exact) mass is 238 g/mol. The molecule has 1 N–H and O–H groups in total. The predicted molar refractivity (Wildman–Crippen MR) is 62.8 cm³/mol. The van der Waals surface area contributed by atoms with Crippen molar-refractivity contribution >= 4 is 17.4 Å². The van der Waals surface area contributed by atoms with Gasteiger partial charge in [-0.2, -0.15) is 0 Å². The zero-order valence-corrected chi connectivity index (χ0v) is 9.93. The highest BCUT2D eigenvalue weighted by Crippen LogP contribution is 2.24. The minimum absolute atomic E-state index is 0.0235. The third-order valence-electron chi connectivity index (χ3n) is 2.21. The van der Waals surface area contributed by atoms with Crippen LogP contribution in [0.3, 0.4) is 0 Å². The summed E-state index contributed by atoms with van der Waals surface area (Å²) in [5, 5.41) is 13.5. The number of hydrogen-bond acceptors (Lipinski definition) is 5. The number of nitrogens with one attached hydrogen (secondary N) is 1. The lowest BCUT2D eigenvalue weighted by atomic mass is 10.2. The molecule has 7 heteroatoms. The molecule has 1 rings (SSSR count). The Labute approximate surface area is 98.6 Å². The fourth-order valence-corrected chi connectivity index (χ4v) is 1.23. The van der Waals surface area contributed by atoms with Gasteiger partial charge in [-0.05, 0) is 13.0 Å². The molecule has 1 heterocycles. The standard InChI is InChI=1S/C10H14N4O3/c1-7-4-5-11-10(9(7)14(16)17)12-6-8(15)13(2)3/h4-5H,6H2,1-3H3,(H,11,12). The Morgan fingerprint density at radius 2 is 2.24 bits per heavy atom. The molecule has 17 heavy (non-hydrogen) atoms. The van der Waals surface area contributed by atoms with E-state index in [9.17, 15) is 14.9 Å². The maximum atomic E-state index is 11.3. The number of likely N-dealkylation sites (N-methyl/N-ethyl adjacent to an activating group) is 1. The van der Waals surface area contributed by atoms with Crippen molar-refractivity contribution in [2.45, 2.75) is 6.92 Å². The first-order chi connectivity index (χ1) is 7.93. The van der Waals surface area contributed by atoms with Gasteiger partial charge in [0.1, 0.15) is 0 Å². The highest BCUT2D eigenvalue weighted by molar-refractivity contribution is 5.80. The molecule has 0 saturated heterocycles. The molecule has 0 radical (unpaired) electrons. The lowest BCUT2D eigenvalue weighted by Gasteiger charge is -2.11. The molecule has 0 aliphatic carbocycles. The van der Waals surface area contributed by atoms with Crippen molar-refractivity contribution in [1.82, 2.24) is 9.88 Å². The number of pyridine rings is 1. The quantitative estimate of drug-likeness (QED) is 0.619. The summed E-state index contributed by atoms with van der Waals surface area (Å²) in [6.07, 6.45) is 1.46. The van der Waals surface area contributed by atoms with Crippen LogP contribution in [0, 0.1) is 17.0 Å². The summed E-state index contributed by atoms with van der Waals surface area (Å²) in [6, 6.07) is 1.55. The Balaban J connectivity index is 2.88. The Morgan fingerprint density at radius 3 is 2.76 bits per heavy atom. The largest absolute Gasteiger partial charge is 0.355 e. The van der Waals surface area contributed by atoms with Crippen molar-refractivity contribution in [3.63, 3.8) is 0 Å². The number of rotatable bonds is 4. The van der Waals surface area contributed by atoms with Crippen molar-refractivity contribution < 1.29 is 9.72 Å². The van der Waals surface area contributed by atoms with E-state index in [0.717, 1.165) is 0 Å². The van der Waals surface area contributed by atoms with Gasteiger partial charge in [0.2, 0.25) is 11.7 Å². The summed E-state index contributed by atoms with van der Waals surface area (Å²) in [4.78, 5) is 27.0. The first kappa shape index (κ1) is 12.9. The van der Waals surface area contributed by atoms with E-state index in [0.29, 0.717) is 5.56 Å². The normalized spacial score (nSPS) is 9.82. The Morgan fingerprint density at radius 1 is 1.59 bits per heavy atom. The number of carbonyl (C=O) groups is 1. The zero-order valence-electron chi connectivity index (χ0n) is 9.93. The van der Waals surface area contributed by atoms with Crippen molar-refractivity contribution in [3.05, 3.63) is 27.9 Å². The summed E-state index contributed by atoms with van der Waals surface area (Å²) in [7, 11) is 3.23. The van der Waals surface area contributed by atoms with E-state index in [1.54, 1.807) is 27.1 Å². The van der Waals surface area contributed by atoms with Gasteiger partial charge in [0.15, 0.2) is 0 Å². The number of nitrogens with zero attached hydrogens (tertiary/aromatic N) is 3. The molecule has 0 atom stereocenters. The first-order valence-electron chi connectivity index (χ1n) is 4.97. The number of anilines is 1. The van der Waals surface area contributed by atoms with E-state index in [1.807, 2.05) is 0 Å². The van der Waals surface area contributed by atoms with Gasteiger partial charge in [0, 0.05) is 25.9 Å². The number of carbonyl (C=O) groups excluding carboxylic acids is 1. The van der Waals surface area contributed by atoms with Gasteiger partial charge in [0.05, 0.1) is 11.5 Å². The van der Waals surface area contributed by atoms with Crippen LogP contribution in [0.25, 0.3) is 0 Å². The highest BCUT2D eigenvalue weighted by atomic mass is 16.6. The Kier molecular flexibility index (Phi) is 3.97. The van der Waals surface area contributed by atoms with Crippen molar-refractivity contribution in [3.8, 4) is 0 Å². The lowest BCUT2D eigenvalue weighted by molar-refractivity contribution is -0.384. The third kappa shape index (κ3) is 3.13. The number of aryl methyl sites for hydroxylation is 1. The molecule has 1 aromatic heterocycles. The fraction of sp³-hybridized carbons (Fsp3) is 0.400. The average Bonchev–Trinajstić information content (AvgIpc) is 2.24. The average molecular weight is 238 g/mol. The minimum Gasteiger partial charge on any atom is -0.355 e. The molecule has 0 aliphatic heterocycles. The molecule has 92 valence electrons. The summed E-state index contributed by atoms with van der Waals surface area (Å²) < 4.78 is 0. The molecule has 0 unspecified atom stereocenters. The Hall–Kier alpha value is -2.18. The maximum absolute atomic E-state index is 11.3. The van der Waals surface area contributed by atoms with E-state index in [1.165, 1.54) is 11.1 Å². The number of nitro groups is 1. The molecule has 7 nitrogen and oxygen atoms in total. The maximum Gasteiger partial charge on any atom is 0.314 e. The number of hydrogen-bond donors (Lipinski definition) is 1. The second kappa shape index (κ2) is 5.24. The van der Waals surface area contributed by atoms with Crippen LogP contribution in [-0.2, 0) is 4.79 Å². The second-order valence-electron chi connectivity index (χ2n) is 3.72. The van der Waals surface area contributed by atoms with Crippen LogP contribution >= 0.6 is 0 Å². The molecule has 0 saturated carbocycles. The molecule has 0 aromatic carbocycles. The number of amides is 1. The molecular weight excluding hydrogens is 224 g/mol. The number of aromatic nitrogens is 1. The van der Waals surface area contributed by atoms with Gasteiger partial charge in [-0.3, -0.25) is 14.9 Å². The van der Waals surface area contributed by atoms with Crippen LogP contribution in [0.15, 0.2) is 12.3 Å². The first-order valence-corrected chi connectivity index (χ1v) is 4.97. The smallest absolute Gasteiger partial charge is 0.314 e. The molecule has 1 amide bonds.